The van der Waals surface area contributed by atoms with Gasteiger partial charge in [-0.15, -0.1) is 0 Å². The maximum atomic E-state index is 12.7. The van der Waals surface area contributed by atoms with E-state index in [0.29, 0.717) is 21.8 Å². The van der Waals surface area contributed by atoms with Crippen molar-refractivity contribution in [1.29, 1.82) is 0 Å². The van der Waals surface area contributed by atoms with E-state index in [-0.39, 0.29) is 11.3 Å². The first kappa shape index (κ1) is 25.4. The molecule has 0 aromatic carbocycles. The number of imidazole rings is 2. The second-order valence-corrected chi connectivity index (χ2v) is 10.3. The van der Waals surface area contributed by atoms with Crippen LogP contribution >= 0.6 is 12.2 Å². The highest BCUT2D eigenvalue weighted by Crippen LogP contribution is 2.45. The van der Waals surface area contributed by atoms with Crippen LogP contribution in [0.2, 0.25) is 0 Å². The molecule has 0 amide bonds. The summed E-state index contributed by atoms with van der Waals surface area (Å²) in [5.74, 6) is -0.202. The van der Waals surface area contributed by atoms with Gasteiger partial charge in [-0.1, -0.05) is 62.0 Å². The number of carbonyl (C=O) groups is 1. The Balaban J connectivity index is 1.47. The minimum absolute atomic E-state index is 0.129. The molecule has 1 N–H and O–H groups in total. The third-order valence-corrected chi connectivity index (χ3v) is 7.05. The Labute approximate surface area is 216 Å². The fourth-order valence-corrected chi connectivity index (χ4v) is 4.91. The van der Waals surface area contributed by atoms with Gasteiger partial charge < -0.3 is 9.55 Å². The molecule has 0 bridgehead atoms. The van der Waals surface area contributed by atoms with Gasteiger partial charge in [0.15, 0.2) is 4.64 Å². The molecule has 0 fully saturated rings. The maximum absolute atomic E-state index is 12.7. The normalized spacial score (nSPS) is 19.2. The third-order valence-electron chi connectivity index (χ3n) is 6.75. The number of aromatic amines is 1. The van der Waals surface area contributed by atoms with E-state index < -0.39 is 0 Å². The number of H-pyrrole nitrogens is 1. The van der Waals surface area contributed by atoms with Crippen LogP contribution in [0.4, 0.5) is 0 Å². The molecule has 186 valence electrons. The zero-order valence-electron chi connectivity index (χ0n) is 21.4. The van der Waals surface area contributed by atoms with Crippen LogP contribution in [0.15, 0.2) is 90.1 Å². The molecule has 0 radical (unpaired) electrons. The second kappa shape index (κ2) is 10.5. The van der Waals surface area contributed by atoms with E-state index in [1.165, 1.54) is 28.4 Å². The fraction of sp³-hybridized carbons (Fsp3) is 0.321. The van der Waals surface area contributed by atoms with Crippen LogP contribution in [-0.2, 0) is 0 Å². The van der Waals surface area contributed by atoms with Gasteiger partial charge in [0.2, 0.25) is 0 Å². The summed E-state index contributed by atoms with van der Waals surface area (Å²) < 4.78 is 4.01. The van der Waals surface area contributed by atoms with Crippen LogP contribution in [-0.4, -0.2) is 35.0 Å². The van der Waals surface area contributed by atoms with E-state index in [4.69, 9.17) is 12.2 Å². The van der Waals surface area contributed by atoms with Gasteiger partial charge >= 0.3 is 0 Å². The number of rotatable bonds is 6. The lowest BCUT2D eigenvalue weighted by Gasteiger charge is -2.37. The Morgan fingerprint density at radius 2 is 2.00 bits per heavy atom. The van der Waals surface area contributed by atoms with Crippen LogP contribution in [0.25, 0.3) is 11.2 Å². The van der Waals surface area contributed by atoms with Crippen LogP contribution in [0.3, 0.4) is 0 Å². The molecule has 36 heavy (non-hydrogen) atoms. The molecule has 1 unspecified atom stereocenters. The fourth-order valence-electron chi connectivity index (χ4n) is 4.70. The first-order valence-corrected chi connectivity index (χ1v) is 12.4. The smallest absolute Gasteiger partial charge is 0.257 e. The first-order chi connectivity index (χ1) is 17.2. The number of hydrogen-bond donors (Lipinski definition) is 1. The molecule has 3 heterocycles. The molecule has 7 nitrogen and oxygen atoms in total. The Hall–Kier alpha value is -3.65. The zero-order valence-corrected chi connectivity index (χ0v) is 22.2. The second-order valence-electron chi connectivity index (χ2n) is 9.89. The average Bonchev–Trinajstić information content (AvgIpc) is 3.49. The van der Waals surface area contributed by atoms with Gasteiger partial charge in [0.1, 0.15) is 17.5 Å². The van der Waals surface area contributed by atoms with E-state index in [1.54, 1.807) is 6.08 Å². The van der Waals surface area contributed by atoms with Crippen LogP contribution in [0.1, 0.15) is 58.3 Å². The number of carbonyl (C=O) groups excluding carboxylic acids is 1. The van der Waals surface area contributed by atoms with Crippen molar-refractivity contribution in [3.63, 3.8) is 0 Å². The van der Waals surface area contributed by atoms with Crippen molar-refractivity contribution in [2.24, 2.45) is 5.41 Å². The van der Waals surface area contributed by atoms with Crippen molar-refractivity contribution in [2.45, 2.75) is 53.5 Å². The SMILES string of the molecule is CC1=C(/C=C/C(C)=C/C=C/C(C)=C/C(=O)n2cnc3c(=S)nc[nH]c32)C(C)(C)CCC1n1ccnc1. The Kier molecular flexibility index (Phi) is 7.45. The Morgan fingerprint density at radius 1 is 1.19 bits per heavy atom. The number of nitrogens with one attached hydrogen (secondary N) is 1. The van der Waals surface area contributed by atoms with E-state index in [0.717, 1.165) is 24.0 Å². The average molecular weight is 501 g/mol. The summed E-state index contributed by atoms with van der Waals surface area (Å²) >= 11 is 5.17. The summed E-state index contributed by atoms with van der Waals surface area (Å²) in [6.45, 7) is 10.8. The highest BCUT2D eigenvalue weighted by Gasteiger charge is 2.32. The zero-order chi connectivity index (χ0) is 25.9. The summed E-state index contributed by atoms with van der Waals surface area (Å²) in [6.07, 6.45) is 22.9. The van der Waals surface area contributed by atoms with E-state index in [9.17, 15) is 4.79 Å². The Morgan fingerprint density at radius 3 is 2.75 bits per heavy atom. The van der Waals surface area contributed by atoms with Crippen molar-refractivity contribution in [1.82, 2.24) is 29.1 Å². The van der Waals surface area contributed by atoms with Gasteiger partial charge in [-0.3, -0.25) is 9.36 Å². The summed E-state index contributed by atoms with van der Waals surface area (Å²) in [4.78, 5) is 28.1. The lowest BCUT2D eigenvalue weighted by Crippen LogP contribution is -2.25. The quantitative estimate of drug-likeness (QED) is 0.231. The standard InChI is InChI=1S/C28H32N6OS/c1-19(9-10-22-21(3)23(11-12-28(22,4)5)33-14-13-29-17-33)7-6-8-20(2)15-24(35)34-18-32-25-26(34)30-16-31-27(25)36/h6-10,13-18,23H,11-12H2,1-5H3,(H,30,31,36)/b8-6+,10-9+,19-7+,20-15+. The lowest BCUT2D eigenvalue weighted by molar-refractivity contribution is 0.0972. The highest BCUT2D eigenvalue weighted by molar-refractivity contribution is 7.71. The summed E-state index contributed by atoms with van der Waals surface area (Å²) in [7, 11) is 0. The van der Waals surface area contributed by atoms with E-state index >= 15 is 0 Å². The number of aromatic nitrogens is 6. The van der Waals surface area contributed by atoms with E-state index in [1.807, 2.05) is 43.9 Å². The van der Waals surface area contributed by atoms with Crippen molar-refractivity contribution in [2.75, 3.05) is 0 Å². The van der Waals surface area contributed by atoms with Crippen molar-refractivity contribution >= 4 is 29.3 Å². The van der Waals surface area contributed by atoms with Crippen LogP contribution < -0.4 is 0 Å². The maximum Gasteiger partial charge on any atom is 0.257 e. The molecular formula is C28H32N6OS. The largest absolute Gasteiger partial charge is 0.330 e. The number of allylic oxidation sites excluding steroid dienone is 10. The van der Waals surface area contributed by atoms with Gasteiger partial charge in [-0.05, 0) is 55.7 Å². The van der Waals surface area contributed by atoms with Crippen molar-refractivity contribution < 1.29 is 4.79 Å². The summed E-state index contributed by atoms with van der Waals surface area (Å²) in [5.41, 5.74) is 5.92. The van der Waals surface area contributed by atoms with Gasteiger partial charge in [0.25, 0.3) is 5.91 Å². The molecule has 4 rings (SSSR count). The highest BCUT2D eigenvalue weighted by atomic mass is 32.1. The number of nitrogens with zero attached hydrogens (tertiary/aromatic N) is 5. The van der Waals surface area contributed by atoms with Gasteiger partial charge in [0.05, 0.1) is 18.7 Å². The molecule has 8 heteroatoms. The van der Waals surface area contributed by atoms with Gasteiger partial charge in [-0.25, -0.2) is 15.0 Å². The molecule has 3 aromatic heterocycles. The molecule has 1 aliphatic rings. The molecular weight excluding hydrogens is 468 g/mol. The van der Waals surface area contributed by atoms with Crippen LogP contribution in [0.5, 0.6) is 0 Å². The summed E-state index contributed by atoms with van der Waals surface area (Å²) in [5, 5.41) is 0. The molecule has 0 spiro atoms. The minimum atomic E-state index is -0.202. The number of hydrogen-bond acceptors (Lipinski definition) is 5. The van der Waals surface area contributed by atoms with Crippen LogP contribution in [0, 0.1) is 10.1 Å². The molecule has 0 saturated heterocycles. The predicted octanol–water partition coefficient (Wildman–Crippen LogP) is 6.71. The predicted molar refractivity (Wildman–Crippen MR) is 146 cm³/mol. The minimum Gasteiger partial charge on any atom is -0.330 e. The molecule has 0 saturated carbocycles. The molecule has 3 aromatic rings. The van der Waals surface area contributed by atoms with Crippen molar-refractivity contribution in [3.8, 4) is 0 Å². The molecule has 1 atom stereocenters. The topological polar surface area (TPSA) is 81.4 Å². The first-order valence-electron chi connectivity index (χ1n) is 12.0. The third kappa shape index (κ3) is 5.44. The summed E-state index contributed by atoms with van der Waals surface area (Å²) in [6, 6.07) is 0.355. The van der Waals surface area contributed by atoms with Gasteiger partial charge in [0, 0.05) is 18.5 Å². The Bertz CT molecular complexity index is 1480. The van der Waals surface area contributed by atoms with E-state index in [2.05, 4.69) is 64.4 Å². The lowest BCUT2D eigenvalue weighted by atomic mass is 9.71. The molecule has 1 aliphatic carbocycles. The number of fused-ring (bicyclic) bond motifs is 1. The van der Waals surface area contributed by atoms with Gasteiger partial charge in [-0.2, -0.15) is 0 Å². The monoisotopic (exact) mass is 500 g/mol. The van der Waals surface area contributed by atoms with Crippen molar-refractivity contribution in [3.05, 3.63) is 94.8 Å². The molecule has 0 aliphatic heterocycles.